The minimum absolute atomic E-state index is 0.106. The molecular formula is C19H22N2O. The van der Waals surface area contributed by atoms with Crippen molar-refractivity contribution < 1.29 is 4.79 Å². The van der Waals surface area contributed by atoms with Crippen LogP contribution in [-0.4, -0.2) is 17.4 Å². The van der Waals surface area contributed by atoms with E-state index in [9.17, 15) is 4.79 Å². The minimum atomic E-state index is -0.512. The van der Waals surface area contributed by atoms with Gasteiger partial charge < -0.3 is 10.2 Å². The largest absolute Gasteiger partial charge is 0.358 e. The third-order valence-corrected chi connectivity index (χ3v) is 4.39. The van der Waals surface area contributed by atoms with E-state index in [0.29, 0.717) is 0 Å². The van der Waals surface area contributed by atoms with E-state index in [1.807, 2.05) is 47.4 Å². The highest BCUT2D eigenvalue weighted by atomic mass is 16.2. The molecule has 22 heavy (non-hydrogen) atoms. The molecule has 0 bridgehead atoms. The third-order valence-electron chi connectivity index (χ3n) is 4.39. The highest BCUT2D eigenvalue weighted by Crippen LogP contribution is 2.37. The molecule has 0 saturated heterocycles. The Morgan fingerprint density at radius 1 is 1.05 bits per heavy atom. The SMILES string of the molecule is CCCCN1C(=O)c2ccccc2NC1(C)c1ccccc1. The molecule has 1 N–H and O–H groups in total. The van der Waals surface area contributed by atoms with Crippen LogP contribution in [0.25, 0.3) is 0 Å². The standard InChI is InChI=1S/C19H22N2O/c1-3-4-14-21-18(22)16-12-8-9-13-17(16)20-19(21,2)15-10-6-5-7-11-15/h5-13,20H,3-4,14H2,1-2H3. The van der Waals surface area contributed by atoms with Crippen LogP contribution in [0.4, 0.5) is 5.69 Å². The number of nitrogens with zero attached hydrogens (tertiary/aromatic N) is 1. The molecule has 1 amide bonds. The lowest BCUT2D eigenvalue weighted by molar-refractivity contribution is 0.0531. The van der Waals surface area contributed by atoms with Gasteiger partial charge in [-0.15, -0.1) is 0 Å². The number of benzene rings is 2. The molecule has 2 aromatic carbocycles. The second-order valence-corrected chi connectivity index (χ2v) is 5.92. The van der Waals surface area contributed by atoms with Crippen molar-refractivity contribution in [1.82, 2.24) is 4.90 Å². The summed E-state index contributed by atoms with van der Waals surface area (Å²) in [6.07, 6.45) is 2.06. The lowest BCUT2D eigenvalue weighted by Gasteiger charge is -2.46. The van der Waals surface area contributed by atoms with Crippen LogP contribution in [0.15, 0.2) is 54.6 Å². The van der Waals surface area contributed by atoms with Crippen LogP contribution in [0, 0.1) is 0 Å². The number of carbonyl (C=O) groups excluding carboxylic acids is 1. The number of nitrogens with one attached hydrogen (secondary N) is 1. The number of rotatable bonds is 4. The van der Waals surface area contributed by atoms with Gasteiger partial charge in [-0.3, -0.25) is 4.79 Å². The fraction of sp³-hybridized carbons (Fsp3) is 0.316. The van der Waals surface area contributed by atoms with Crippen LogP contribution in [-0.2, 0) is 5.66 Å². The van der Waals surface area contributed by atoms with Crippen molar-refractivity contribution in [3.8, 4) is 0 Å². The fourth-order valence-electron chi connectivity index (χ4n) is 3.09. The second kappa shape index (κ2) is 5.84. The molecule has 0 radical (unpaired) electrons. The molecule has 0 spiro atoms. The lowest BCUT2D eigenvalue weighted by Crippen LogP contribution is -2.56. The predicted octanol–water partition coefficient (Wildman–Crippen LogP) is 4.23. The van der Waals surface area contributed by atoms with E-state index in [0.717, 1.165) is 36.2 Å². The van der Waals surface area contributed by atoms with Gasteiger partial charge in [0.1, 0.15) is 5.66 Å². The van der Waals surface area contributed by atoms with Crippen molar-refractivity contribution >= 4 is 11.6 Å². The molecule has 114 valence electrons. The molecule has 1 atom stereocenters. The van der Waals surface area contributed by atoms with Crippen molar-refractivity contribution in [2.75, 3.05) is 11.9 Å². The van der Waals surface area contributed by atoms with Gasteiger partial charge in [0.25, 0.3) is 5.91 Å². The Bertz CT molecular complexity index is 668. The molecule has 3 nitrogen and oxygen atoms in total. The first-order valence-corrected chi connectivity index (χ1v) is 7.91. The van der Waals surface area contributed by atoms with Crippen LogP contribution >= 0.6 is 0 Å². The maximum atomic E-state index is 13.0. The van der Waals surface area contributed by atoms with Gasteiger partial charge in [-0.2, -0.15) is 0 Å². The van der Waals surface area contributed by atoms with Gasteiger partial charge in [-0.05, 0) is 31.0 Å². The molecule has 1 unspecified atom stereocenters. The second-order valence-electron chi connectivity index (χ2n) is 5.92. The summed E-state index contributed by atoms with van der Waals surface area (Å²) in [5, 5.41) is 3.58. The smallest absolute Gasteiger partial charge is 0.258 e. The molecule has 1 aliphatic rings. The van der Waals surface area contributed by atoms with E-state index in [4.69, 9.17) is 0 Å². The highest BCUT2D eigenvalue weighted by Gasteiger charge is 2.41. The maximum Gasteiger partial charge on any atom is 0.258 e. The van der Waals surface area contributed by atoms with Crippen LogP contribution in [0.3, 0.4) is 0 Å². The number of anilines is 1. The van der Waals surface area contributed by atoms with Gasteiger partial charge in [-0.25, -0.2) is 0 Å². The summed E-state index contributed by atoms with van der Waals surface area (Å²) in [6.45, 7) is 4.99. The van der Waals surface area contributed by atoms with Gasteiger partial charge in [-0.1, -0.05) is 55.8 Å². The van der Waals surface area contributed by atoms with Crippen LogP contribution in [0.5, 0.6) is 0 Å². The summed E-state index contributed by atoms with van der Waals surface area (Å²) in [7, 11) is 0. The molecule has 0 fully saturated rings. The van der Waals surface area contributed by atoms with E-state index in [1.165, 1.54) is 0 Å². The van der Waals surface area contributed by atoms with Crippen molar-refractivity contribution in [2.45, 2.75) is 32.4 Å². The Morgan fingerprint density at radius 2 is 1.73 bits per heavy atom. The fourth-order valence-corrected chi connectivity index (χ4v) is 3.09. The van der Waals surface area contributed by atoms with E-state index >= 15 is 0 Å². The first-order valence-electron chi connectivity index (χ1n) is 7.91. The molecule has 3 rings (SSSR count). The van der Waals surface area contributed by atoms with E-state index in [2.05, 4.69) is 31.3 Å². The van der Waals surface area contributed by atoms with Crippen molar-refractivity contribution in [3.63, 3.8) is 0 Å². The van der Waals surface area contributed by atoms with Crippen LogP contribution in [0.2, 0.25) is 0 Å². The Morgan fingerprint density at radius 3 is 2.45 bits per heavy atom. The molecule has 0 aromatic heterocycles. The molecule has 0 saturated carbocycles. The zero-order chi connectivity index (χ0) is 15.6. The lowest BCUT2D eigenvalue weighted by atomic mass is 9.93. The zero-order valence-corrected chi connectivity index (χ0v) is 13.2. The molecule has 1 heterocycles. The number of hydrogen-bond acceptors (Lipinski definition) is 2. The van der Waals surface area contributed by atoms with Crippen LogP contribution < -0.4 is 5.32 Å². The summed E-state index contributed by atoms with van der Waals surface area (Å²) >= 11 is 0. The Hall–Kier alpha value is -2.29. The van der Waals surface area contributed by atoms with Crippen molar-refractivity contribution in [2.24, 2.45) is 0 Å². The average Bonchev–Trinajstić information content (AvgIpc) is 2.55. The number of hydrogen-bond donors (Lipinski definition) is 1. The number of para-hydroxylation sites is 1. The van der Waals surface area contributed by atoms with Gasteiger partial charge >= 0.3 is 0 Å². The average molecular weight is 294 g/mol. The first-order chi connectivity index (χ1) is 10.7. The monoisotopic (exact) mass is 294 g/mol. The van der Waals surface area contributed by atoms with E-state index in [1.54, 1.807) is 0 Å². The minimum Gasteiger partial charge on any atom is -0.358 e. The normalized spacial score (nSPS) is 20.5. The molecule has 1 aliphatic heterocycles. The summed E-state index contributed by atoms with van der Waals surface area (Å²) < 4.78 is 0. The third kappa shape index (κ3) is 2.37. The van der Waals surface area contributed by atoms with E-state index in [-0.39, 0.29) is 5.91 Å². The number of fused-ring (bicyclic) bond motifs is 1. The summed E-state index contributed by atoms with van der Waals surface area (Å²) in [5.74, 6) is 0.106. The first kappa shape index (κ1) is 14.6. The number of amides is 1. The zero-order valence-electron chi connectivity index (χ0n) is 13.2. The Balaban J connectivity index is 2.08. The molecular weight excluding hydrogens is 272 g/mol. The van der Waals surface area contributed by atoms with E-state index < -0.39 is 5.66 Å². The Labute approximate surface area is 132 Å². The summed E-state index contributed by atoms with van der Waals surface area (Å²) in [4.78, 5) is 15.0. The summed E-state index contributed by atoms with van der Waals surface area (Å²) in [5.41, 5.74) is 2.26. The molecule has 0 aliphatic carbocycles. The maximum absolute atomic E-state index is 13.0. The van der Waals surface area contributed by atoms with Gasteiger partial charge in [0.05, 0.1) is 5.56 Å². The van der Waals surface area contributed by atoms with Gasteiger partial charge in [0.15, 0.2) is 0 Å². The summed E-state index contributed by atoms with van der Waals surface area (Å²) in [6, 6.07) is 18.0. The van der Waals surface area contributed by atoms with Crippen molar-refractivity contribution in [1.29, 1.82) is 0 Å². The van der Waals surface area contributed by atoms with Crippen LogP contribution in [0.1, 0.15) is 42.6 Å². The topological polar surface area (TPSA) is 32.3 Å². The van der Waals surface area contributed by atoms with Gasteiger partial charge in [0.2, 0.25) is 0 Å². The van der Waals surface area contributed by atoms with Crippen molar-refractivity contribution in [3.05, 3.63) is 65.7 Å². The highest BCUT2D eigenvalue weighted by molar-refractivity contribution is 6.02. The number of carbonyl (C=O) groups is 1. The predicted molar refractivity (Wildman–Crippen MR) is 89.8 cm³/mol. The molecule has 3 heteroatoms. The molecule has 2 aromatic rings. The quantitative estimate of drug-likeness (QED) is 0.915. The number of unbranched alkanes of at least 4 members (excludes halogenated alkanes) is 1. The Kier molecular flexibility index (Phi) is 3.88. The van der Waals surface area contributed by atoms with Gasteiger partial charge in [0, 0.05) is 12.2 Å².